The third kappa shape index (κ3) is 4.41. The molecule has 1 aliphatic rings. The molecule has 2 aromatic heterocycles. The number of thiocarbonyl (C=S) groups is 1. The maximum atomic E-state index is 13.2. The Bertz CT molecular complexity index is 1430. The number of rotatable bonds is 6. The minimum absolute atomic E-state index is 0.0718. The lowest BCUT2D eigenvalue weighted by molar-refractivity contribution is -0.122. The predicted octanol–water partition coefficient (Wildman–Crippen LogP) is 6.70. The summed E-state index contributed by atoms with van der Waals surface area (Å²) >= 11 is 13.4. The van der Waals surface area contributed by atoms with Gasteiger partial charge in [-0.25, -0.2) is 0 Å². The highest BCUT2D eigenvalue weighted by atomic mass is 35.5. The molecule has 170 valence electrons. The van der Waals surface area contributed by atoms with E-state index in [0.717, 1.165) is 33.5 Å². The van der Waals surface area contributed by atoms with Crippen LogP contribution >= 0.6 is 35.6 Å². The topological polar surface area (TPSA) is 38.1 Å². The summed E-state index contributed by atoms with van der Waals surface area (Å²) in [5.74, 6) is -0.0718. The molecule has 0 spiro atoms. The summed E-state index contributed by atoms with van der Waals surface area (Å²) in [5, 5.41) is 1.86. The Morgan fingerprint density at radius 3 is 2.65 bits per heavy atom. The molecule has 4 nitrogen and oxygen atoms in total. The Hall–Kier alpha value is -2.93. The van der Waals surface area contributed by atoms with Gasteiger partial charge < -0.3 is 4.57 Å². The lowest BCUT2D eigenvalue weighted by Crippen LogP contribution is -2.27. The van der Waals surface area contributed by atoms with E-state index in [1.54, 1.807) is 17.3 Å². The van der Waals surface area contributed by atoms with E-state index in [4.69, 9.17) is 23.8 Å². The smallest absolute Gasteiger partial charge is 0.266 e. The van der Waals surface area contributed by atoms with Crippen molar-refractivity contribution in [2.24, 2.45) is 0 Å². The molecule has 0 aliphatic carbocycles. The number of carbonyl (C=O) groups excluding carboxylic acids is 1. The van der Waals surface area contributed by atoms with Crippen molar-refractivity contribution in [1.82, 2.24) is 14.5 Å². The number of carbonyl (C=O) groups is 1. The zero-order valence-electron chi connectivity index (χ0n) is 18.6. The van der Waals surface area contributed by atoms with Crippen LogP contribution in [-0.2, 0) is 24.3 Å². The van der Waals surface area contributed by atoms with Gasteiger partial charge in [0.15, 0.2) is 0 Å². The van der Waals surface area contributed by atoms with Crippen LogP contribution in [0.1, 0.15) is 29.2 Å². The van der Waals surface area contributed by atoms with E-state index in [-0.39, 0.29) is 5.91 Å². The average Bonchev–Trinajstić information content (AvgIpc) is 3.33. The van der Waals surface area contributed by atoms with Gasteiger partial charge in [-0.1, -0.05) is 85.0 Å². The van der Waals surface area contributed by atoms with Gasteiger partial charge in [0.2, 0.25) is 0 Å². The van der Waals surface area contributed by atoms with Gasteiger partial charge in [0.05, 0.1) is 17.0 Å². The lowest BCUT2D eigenvalue weighted by atomic mass is 10.1. The van der Waals surface area contributed by atoms with Crippen LogP contribution in [0.25, 0.3) is 17.0 Å². The summed E-state index contributed by atoms with van der Waals surface area (Å²) in [5.41, 5.74) is 5.43. The lowest BCUT2D eigenvalue weighted by Gasteiger charge is -2.13. The predicted molar refractivity (Wildman–Crippen MR) is 145 cm³/mol. The summed E-state index contributed by atoms with van der Waals surface area (Å²) < 4.78 is 2.80. The Morgan fingerprint density at radius 2 is 1.88 bits per heavy atom. The number of nitrogens with zero attached hydrogens (tertiary/aromatic N) is 3. The zero-order valence-corrected chi connectivity index (χ0v) is 21.0. The molecule has 0 atom stereocenters. The number of hydrogen-bond donors (Lipinski definition) is 0. The minimum atomic E-state index is -0.0718. The Kier molecular flexibility index (Phi) is 6.55. The number of amides is 1. The summed E-state index contributed by atoms with van der Waals surface area (Å²) in [6.45, 7) is 3.23. The van der Waals surface area contributed by atoms with Crippen molar-refractivity contribution < 1.29 is 4.79 Å². The van der Waals surface area contributed by atoms with Gasteiger partial charge in [0.25, 0.3) is 5.91 Å². The normalized spacial score (nSPS) is 15.1. The third-order valence-corrected chi connectivity index (χ3v) is 7.66. The van der Waals surface area contributed by atoms with Crippen molar-refractivity contribution in [3.8, 4) is 0 Å². The molecular formula is C27H22ClN3OS2. The van der Waals surface area contributed by atoms with Gasteiger partial charge in [0, 0.05) is 41.1 Å². The Labute approximate surface area is 213 Å². The molecule has 7 heteroatoms. The number of benzene rings is 2. The van der Waals surface area contributed by atoms with Crippen LogP contribution in [0.3, 0.4) is 0 Å². The SMILES string of the molecule is CCc1cccc2c(/C=C3\SC(=S)N(Cc4cccnc4)C3=O)cn(Cc3ccccc3Cl)c12. The number of aryl methyl sites for hydroxylation is 1. The molecule has 1 aliphatic heterocycles. The number of thioether (sulfide) groups is 1. The van der Waals surface area contributed by atoms with Gasteiger partial charge >= 0.3 is 0 Å². The first-order valence-corrected chi connectivity index (χ1v) is 12.6. The molecule has 34 heavy (non-hydrogen) atoms. The van der Waals surface area contributed by atoms with Gasteiger partial charge in [-0.3, -0.25) is 14.7 Å². The maximum Gasteiger partial charge on any atom is 0.266 e. The van der Waals surface area contributed by atoms with Crippen LogP contribution in [0.4, 0.5) is 0 Å². The van der Waals surface area contributed by atoms with Crippen molar-refractivity contribution in [1.29, 1.82) is 0 Å². The fourth-order valence-corrected chi connectivity index (χ4v) is 5.69. The number of fused-ring (bicyclic) bond motifs is 1. The first-order valence-electron chi connectivity index (χ1n) is 11.0. The summed E-state index contributed by atoms with van der Waals surface area (Å²) in [7, 11) is 0. The van der Waals surface area contributed by atoms with E-state index >= 15 is 0 Å². The minimum Gasteiger partial charge on any atom is -0.342 e. The van der Waals surface area contributed by atoms with E-state index in [1.807, 2.05) is 42.5 Å². The largest absolute Gasteiger partial charge is 0.342 e. The van der Waals surface area contributed by atoms with Crippen molar-refractivity contribution >= 4 is 62.8 Å². The fourth-order valence-electron chi connectivity index (χ4n) is 4.25. The second-order valence-electron chi connectivity index (χ2n) is 8.10. The highest BCUT2D eigenvalue weighted by Gasteiger charge is 2.32. The second-order valence-corrected chi connectivity index (χ2v) is 10.2. The highest BCUT2D eigenvalue weighted by molar-refractivity contribution is 8.26. The summed E-state index contributed by atoms with van der Waals surface area (Å²) in [4.78, 5) is 19.6. The van der Waals surface area contributed by atoms with Gasteiger partial charge in [-0.05, 0) is 41.3 Å². The number of pyridine rings is 1. The molecule has 0 radical (unpaired) electrons. The number of halogens is 1. The van der Waals surface area contributed by atoms with Gasteiger partial charge in [-0.2, -0.15) is 0 Å². The van der Waals surface area contributed by atoms with Crippen molar-refractivity contribution in [2.75, 3.05) is 0 Å². The van der Waals surface area contributed by atoms with Crippen LogP contribution in [0.2, 0.25) is 5.02 Å². The molecule has 0 bridgehead atoms. The van der Waals surface area contributed by atoms with Crippen LogP contribution in [0, 0.1) is 0 Å². The van der Waals surface area contributed by atoms with Crippen molar-refractivity contribution in [3.63, 3.8) is 0 Å². The van der Waals surface area contributed by atoms with Crippen molar-refractivity contribution in [2.45, 2.75) is 26.4 Å². The van der Waals surface area contributed by atoms with E-state index in [2.05, 4.69) is 40.9 Å². The van der Waals surface area contributed by atoms with Crippen LogP contribution < -0.4 is 0 Å². The van der Waals surface area contributed by atoms with E-state index in [9.17, 15) is 4.79 Å². The zero-order chi connectivity index (χ0) is 23.7. The molecule has 0 unspecified atom stereocenters. The van der Waals surface area contributed by atoms with E-state index < -0.39 is 0 Å². The molecule has 2 aromatic carbocycles. The van der Waals surface area contributed by atoms with Crippen LogP contribution in [0.15, 0.2) is 78.1 Å². The summed E-state index contributed by atoms with van der Waals surface area (Å²) in [6.07, 6.45) is 8.47. The number of para-hydroxylation sites is 1. The third-order valence-electron chi connectivity index (χ3n) is 5.92. The monoisotopic (exact) mass is 503 g/mol. The molecule has 0 saturated carbocycles. The molecule has 4 aromatic rings. The van der Waals surface area contributed by atoms with Gasteiger partial charge in [-0.15, -0.1) is 0 Å². The highest BCUT2D eigenvalue weighted by Crippen LogP contribution is 2.36. The first kappa shape index (κ1) is 22.8. The average molecular weight is 504 g/mol. The molecule has 3 heterocycles. The molecule has 5 rings (SSSR count). The second kappa shape index (κ2) is 9.74. The van der Waals surface area contributed by atoms with Gasteiger partial charge in [0.1, 0.15) is 4.32 Å². The molecule has 1 saturated heterocycles. The van der Waals surface area contributed by atoms with Crippen LogP contribution in [-0.4, -0.2) is 24.7 Å². The maximum absolute atomic E-state index is 13.2. The standard InChI is InChI=1S/C27H22ClN3OS2/c1-2-19-9-5-10-22-21(17-30(25(19)22)16-20-8-3-4-11-23(20)28)13-24-26(32)31(27(33)34-24)15-18-7-6-12-29-14-18/h3-14,17H,2,15-16H2,1H3/b24-13-. The van der Waals surface area contributed by atoms with E-state index in [0.29, 0.717) is 22.3 Å². The molecular weight excluding hydrogens is 482 g/mol. The first-order chi connectivity index (χ1) is 16.5. The van der Waals surface area contributed by atoms with Crippen molar-refractivity contribution in [3.05, 3.63) is 105 Å². The fraction of sp³-hybridized carbons (Fsp3) is 0.148. The van der Waals surface area contributed by atoms with Crippen LogP contribution in [0.5, 0.6) is 0 Å². The summed E-state index contributed by atoms with van der Waals surface area (Å²) in [6, 6.07) is 18.1. The Balaban J connectivity index is 1.53. The number of aromatic nitrogens is 2. The Morgan fingerprint density at radius 1 is 1.06 bits per heavy atom. The molecule has 1 fully saturated rings. The number of hydrogen-bond acceptors (Lipinski definition) is 4. The van der Waals surface area contributed by atoms with E-state index in [1.165, 1.54) is 22.8 Å². The quantitative estimate of drug-likeness (QED) is 0.217. The molecule has 1 amide bonds. The molecule has 0 N–H and O–H groups in total.